The minimum atomic E-state index is -4.16. The summed E-state index contributed by atoms with van der Waals surface area (Å²) in [6.45, 7) is 3.57. The molecule has 11 heteroatoms. The molecule has 0 aliphatic rings. The molecule has 0 aromatic heterocycles. The molecule has 0 heterocycles. The van der Waals surface area contributed by atoms with Gasteiger partial charge in [0.1, 0.15) is 11.9 Å². The lowest BCUT2D eigenvalue weighted by molar-refractivity contribution is -0.125. The van der Waals surface area contributed by atoms with Gasteiger partial charge in [0.25, 0.3) is 0 Å². The van der Waals surface area contributed by atoms with Gasteiger partial charge in [-0.1, -0.05) is 30.7 Å². The van der Waals surface area contributed by atoms with Crippen molar-refractivity contribution in [3.05, 3.63) is 71.2 Å². The van der Waals surface area contributed by atoms with Crippen molar-refractivity contribution < 1.29 is 18.3 Å². The first-order valence-electron chi connectivity index (χ1n) is 11.9. The zero-order valence-corrected chi connectivity index (χ0v) is 22.3. The first-order valence-corrected chi connectivity index (χ1v) is 13.7. The van der Waals surface area contributed by atoms with Crippen LogP contribution in [0.4, 0.5) is 5.69 Å². The normalized spacial score (nSPS) is 13.3. The van der Waals surface area contributed by atoms with Gasteiger partial charge in [-0.25, -0.2) is 8.42 Å². The van der Waals surface area contributed by atoms with Crippen LogP contribution in [0.1, 0.15) is 25.8 Å². The molecule has 0 fully saturated rings. The van der Waals surface area contributed by atoms with Crippen molar-refractivity contribution >= 4 is 49.8 Å². The number of benzene rings is 3. The standard InChI is InChI=1S/C26H32ClN5O4S/c1-3-24(26(34)30-4-2)32(16-22(33)15-31-21-10-6-17(7-11-21)25(28)29)37(35,36)23-12-8-18-13-20(27)9-5-19(18)14-23/h5-14,22,24,31,33H,3-4,15-16H2,1-2H3,(H3,28,29)(H,30,34). The molecular weight excluding hydrogens is 514 g/mol. The Kier molecular flexibility index (Phi) is 9.50. The van der Waals surface area contributed by atoms with E-state index < -0.39 is 28.1 Å². The summed E-state index contributed by atoms with van der Waals surface area (Å²) in [5.74, 6) is -0.485. The molecule has 2 atom stereocenters. The molecule has 6 N–H and O–H groups in total. The molecule has 0 aliphatic carbocycles. The average Bonchev–Trinajstić information content (AvgIpc) is 2.87. The van der Waals surface area contributed by atoms with E-state index in [4.69, 9.17) is 22.7 Å². The van der Waals surface area contributed by atoms with Gasteiger partial charge in [-0.2, -0.15) is 4.31 Å². The number of hydrogen-bond acceptors (Lipinski definition) is 6. The van der Waals surface area contributed by atoms with Crippen LogP contribution in [0.25, 0.3) is 10.8 Å². The van der Waals surface area contributed by atoms with Crippen molar-refractivity contribution in [3.8, 4) is 0 Å². The van der Waals surface area contributed by atoms with Crippen molar-refractivity contribution in [1.29, 1.82) is 5.41 Å². The molecule has 2 unspecified atom stereocenters. The fraction of sp³-hybridized carbons (Fsp3) is 0.308. The summed E-state index contributed by atoms with van der Waals surface area (Å²) in [5, 5.41) is 26.1. The molecule has 198 valence electrons. The molecule has 9 nitrogen and oxygen atoms in total. The summed E-state index contributed by atoms with van der Waals surface area (Å²) in [6.07, 6.45) is -0.897. The van der Waals surface area contributed by atoms with Gasteiger partial charge in [-0.3, -0.25) is 10.2 Å². The molecule has 0 spiro atoms. The summed E-state index contributed by atoms with van der Waals surface area (Å²) >= 11 is 6.06. The lowest BCUT2D eigenvalue weighted by Crippen LogP contribution is -2.52. The van der Waals surface area contributed by atoms with Crippen LogP contribution < -0.4 is 16.4 Å². The molecule has 3 aromatic carbocycles. The van der Waals surface area contributed by atoms with Crippen molar-refractivity contribution in [2.75, 3.05) is 25.0 Å². The highest BCUT2D eigenvalue weighted by Gasteiger charge is 2.36. The van der Waals surface area contributed by atoms with E-state index in [0.717, 1.165) is 9.69 Å². The minimum absolute atomic E-state index is 0.0186. The number of fused-ring (bicyclic) bond motifs is 1. The van der Waals surface area contributed by atoms with Crippen LogP contribution in [0.2, 0.25) is 5.02 Å². The fourth-order valence-electron chi connectivity index (χ4n) is 3.97. The Bertz CT molecular complexity index is 1370. The first kappa shape index (κ1) is 28.4. The minimum Gasteiger partial charge on any atom is -0.390 e. The average molecular weight is 546 g/mol. The number of anilines is 1. The highest BCUT2D eigenvalue weighted by molar-refractivity contribution is 7.89. The SMILES string of the molecule is CCNC(=O)C(CC)N(CC(O)CNc1ccc(C(=N)N)cc1)S(=O)(=O)c1ccc2cc(Cl)ccc2c1. The second-order valence-electron chi connectivity index (χ2n) is 8.57. The molecule has 3 aromatic rings. The molecule has 0 radical (unpaired) electrons. The Hall–Kier alpha value is -3.18. The number of aliphatic hydroxyl groups is 1. The third-order valence-corrected chi connectivity index (χ3v) is 8.00. The zero-order chi connectivity index (χ0) is 27.2. The van der Waals surface area contributed by atoms with E-state index >= 15 is 0 Å². The predicted octanol–water partition coefficient (Wildman–Crippen LogP) is 3.16. The Balaban J connectivity index is 1.88. The maximum Gasteiger partial charge on any atom is 0.243 e. The van der Waals surface area contributed by atoms with Gasteiger partial charge >= 0.3 is 0 Å². The number of aliphatic hydroxyl groups excluding tert-OH is 1. The lowest BCUT2D eigenvalue weighted by atomic mass is 10.1. The third kappa shape index (κ3) is 6.98. The van der Waals surface area contributed by atoms with E-state index in [1.54, 1.807) is 68.4 Å². The van der Waals surface area contributed by atoms with Crippen molar-refractivity contribution in [2.45, 2.75) is 37.3 Å². The van der Waals surface area contributed by atoms with E-state index in [9.17, 15) is 18.3 Å². The second kappa shape index (κ2) is 12.4. The number of halogens is 1. The van der Waals surface area contributed by atoms with Crippen LogP contribution in [-0.4, -0.2) is 61.4 Å². The summed E-state index contributed by atoms with van der Waals surface area (Å²) in [7, 11) is -4.16. The number of sulfonamides is 1. The molecule has 1 amide bonds. The van der Waals surface area contributed by atoms with E-state index in [2.05, 4.69) is 10.6 Å². The lowest BCUT2D eigenvalue weighted by Gasteiger charge is -2.31. The number of nitrogens with two attached hydrogens (primary N) is 1. The van der Waals surface area contributed by atoms with Crippen LogP contribution in [0.15, 0.2) is 65.6 Å². The van der Waals surface area contributed by atoms with E-state index in [1.807, 2.05) is 0 Å². The number of likely N-dealkylation sites (N-methyl/N-ethyl adjacent to an activating group) is 1. The number of nitrogens with one attached hydrogen (secondary N) is 3. The van der Waals surface area contributed by atoms with E-state index in [-0.39, 0.29) is 30.2 Å². The van der Waals surface area contributed by atoms with E-state index in [1.165, 1.54) is 6.07 Å². The Morgan fingerprint density at radius 3 is 2.35 bits per heavy atom. The quantitative estimate of drug-likeness (QED) is 0.174. The van der Waals surface area contributed by atoms with Crippen LogP contribution >= 0.6 is 11.6 Å². The number of amides is 1. The van der Waals surface area contributed by atoms with Crippen molar-refractivity contribution in [2.24, 2.45) is 5.73 Å². The highest BCUT2D eigenvalue weighted by Crippen LogP contribution is 2.26. The summed E-state index contributed by atoms with van der Waals surface area (Å²) in [5.41, 5.74) is 6.71. The van der Waals surface area contributed by atoms with Gasteiger partial charge in [-0.05, 0) is 72.6 Å². The second-order valence-corrected chi connectivity index (χ2v) is 10.9. The number of carbonyl (C=O) groups excluding carboxylic acids is 1. The summed E-state index contributed by atoms with van der Waals surface area (Å²) < 4.78 is 28.7. The van der Waals surface area contributed by atoms with Crippen molar-refractivity contribution in [3.63, 3.8) is 0 Å². The van der Waals surface area contributed by atoms with Gasteiger partial charge in [0.15, 0.2) is 0 Å². The molecular formula is C26H32ClN5O4S. The number of hydrogen-bond donors (Lipinski definition) is 5. The van der Waals surface area contributed by atoms with Crippen LogP contribution in [0.5, 0.6) is 0 Å². The van der Waals surface area contributed by atoms with Gasteiger partial charge < -0.3 is 21.5 Å². The number of rotatable bonds is 12. The van der Waals surface area contributed by atoms with E-state index in [0.29, 0.717) is 28.2 Å². The first-order chi connectivity index (χ1) is 17.6. The number of carbonyl (C=O) groups is 1. The summed E-state index contributed by atoms with van der Waals surface area (Å²) in [4.78, 5) is 12.9. The Morgan fingerprint density at radius 1 is 1.08 bits per heavy atom. The summed E-state index contributed by atoms with van der Waals surface area (Å²) in [6, 6.07) is 15.6. The highest BCUT2D eigenvalue weighted by atomic mass is 35.5. The molecule has 3 rings (SSSR count). The molecule has 0 bridgehead atoms. The van der Waals surface area contributed by atoms with Gasteiger partial charge in [-0.15, -0.1) is 0 Å². The predicted molar refractivity (Wildman–Crippen MR) is 148 cm³/mol. The number of nitrogen functional groups attached to an aromatic ring is 1. The maximum absolute atomic E-state index is 13.8. The molecule has 0 saturated heterocycles. The smallest absolute Gasteiger partial charge is 0.243 e. The Labute approximate surface area is 222 Å². The zero-order valence-electron chi connectivity index (χ0n) is 20.7. The van der Waals surface area contributed by atoms with Crippen LogP contribution in [-0.2, 0) is 14.8 Å². The third-order valence-electron chi connectivity index (χ3n) is 5.90. The number of amidine groups is 1. The van der Waals surface area contributed by atoms with Crippen LogP contribution in [0.3, 0.4) is 0 Å². The maximum atomic E-state index is 13.8. The monoisotopic (exact) mass is 545 g/mol. The van der Waals surface area contributed by atoms with Crippen LogP contribution in [0, 0.1) is 5.41 Å². The van der Waals surface area contributed by atoms with Gasteiger partial charge in [0.2, 0.25) is 15.9 Å². The van der Waals surface area contributed by atoms with Gasteiger partial charge in [0, 0.05) is 35.9 Å². The largest absolute Gasteiger partial charge is 0.390 e. The molecule has 0 aliphatic heterocycles. The molecule has 0 saturated carbocycles. The fourth-order valence-corrected chi connectivity index (χ4v) is 5.89. The Morgan fingerprint density at radius 2 is 1.73 bits per heavy atom. The van der Waals surface area contributed by atoms with Crippen molar-refractivity contribution in [1.82, 2.24) is 9.62 Å². The van der Waals surface area contributed by atoms with Gasteiger partial charge in [0.05, 0.1) is 11.0 Å². The number of nitrogens with zero attached hydrogens (tertiary/aromatic N) is 1. The molecule has 37 heavy (non-hydrogen) atoms. The topological polar surface area (TPSA) is 149 Å².